The average molecular weight is 509 g/mol. The largest absolute Gasteiger partial charge is 0.507 e. The molecular formula is C32H44O5. The lowest BCUT2D eigenvalue weighted by molar-refractivity contribution is -0.154. The first-order valence-electron chi connectivity index (χ1n) is 12.8. The van der Waals surface area contributed by atoms with Crippen molar-refractivity contribution in [3.8, 4) is 11.5 Å². The predicted octanol–water partition coefficient (Wildman–Crippen LogP) is 8.20. The molecule has 1 fully saturated rings. The van der Waals surface area contributed by atoms with Crippen LogP contribution < -0.4 is 4.74 Å². The van der Waals surface area contributed by atoms with Gasteiger partial charge in [-0.3, -0.25) is 0 Å². The molecule has 202 valence electrons. The minimum Gasteiger partial charge on any atom is -0.507 e. The number of carbonyl (C=O) groups is 1. The van der Waals surface area contributed by atoms with E-state index in [0.29, 0.717) is 11.5 Å². The highest BCUT2D eigenvalue weighted by molar-refractivity contribution is 5.87. The molecule has 0 heterocycles. The van der Waals surface area contributed by atoms with Crippen LogP contribution >= 0.6 is 0 Å². The van der Waals surface area contributed by atoms with E-state index in [4.69, 9.17) is 19.3 Å². The van der Waals surface area contributed by atoms with Gasteiger partial charge in [0.15, 0.2) is 0 Å². The van der Waals surface area contributed by atoms with E-state index in [1.54, 1.807) is 38.3 Å². The summed E-state index contributed by atoms with van der Waals surface area (Å²) in [6.45, 7) is 18.7. The molecule has 1 atom stereocenters. The lowest BCUT2D eigenvalue weighted by atomic mass is 9.99. The van der Waals surface area contributed by atoms with E-state index in [1.165, 1.54) is 12.8 Å². The van der Waals surface area contributed by atoms with Crippen LogP contribution in [0.25, 0.3) is 12.2 Å². The Morgan fingerprint density at radius 1 is 1.05 bits per heavy atom. The van der Waals surface area contributed by atoms with Crippen LogP contribution in [-0.2, 0) is 14.3 Å². The van der Waals surface area contributed by atoms with Crippen LogP contribution in [0.15, 0.2) is 73.8 Å². The Labute approximate surface area is 223 Å². The quantitative estimate of drug-likeness (QED) is 0.210. The van der Waals surface area contributed by atoms with Gasteiger partial charge in [-0.2, -0.15) is 0 Å². The summed E-state index contributed by atoms with van der Waals surface area (Å²) >= 11 is 0. The van der Waals surface area contributed by atoms with Gasteiger partial charge in [-0.05, 0) is 62.8 Å². The van der Waals surface area contributed by atoms with E-state index in [1.807, 2.05) is 36.4 Å². The SMILES string of the molecule is C=C(C)C(=O)OC1(CC)CCCC1.C=Cc1ccc(OC(OC)C(C)C)cc1.C=Cc1ccccc1O. The fourth-order valence-corrected chi connectivity index (χ4v) is 3.76. The number of carbonyl (C=O) groups excluding carboxylic acids is 1. The number of aromatic hydroxyl groups is 1. The average Bonchev–Trinajstić information content (AvgIpc) is 3.37. The number of phenols is 1. The number of hydrogen-bond donors (Lipinski definition) is 1. The van der Waals surface area contributed by atoms with Crippen LogP contribution in [0.1, 0.15) is 70.9 Å². The lowest BCUT2D eigenvalue weighted by Crippen LogP contribution is -2.31. The highest BCUT2D eigenvalue weighted by atomic mass is 16.7. The molecule has 1 aliphatic carbocycles. The fraction of sp³-hybridized carbons (Fsp3) is 0.406. The van der Waals surface area contributed by atoms with Crippen molar-refractivity contribution in [1.82, 2.24) is 0 Å². The maximum absolute atomic E-state index is 11.3. The molecular weight excluding hydrogens is 464 g/mol. The molecule has 1 N–H and O–H groups in total. The van der Waals surface area contributed by atoms with Crippen molar-refractivity contribution in [2.75, 3.05) is 7.11 Å². The Bertz CT molecular complexity index is 984. The first-order valence-corrected chi connectivity index (χ1v) is 12.8. The Balaban J connectivity index is 0.000000286. The van der Waals surface area contributed by atoms with Gasteiger partial charge in [0.2, 0.25) is 6.29 Å². The molecule has 0 bridgehead atoms. The zero-order valence-electron chi connectivity index (χ0n) is 23.2. The van der Waals surface area contributed by atoms with E-state index in [-0.39, 0.29) is 23.6 Å². The highest BCUT2D eigenvalue weighted by Gasteiger charge is 2.35. The number of ether oxygens (including phenoxy) is 3. The van der Waals surface area contributed by atoms with Crippen molar-refractivity contribution in [1.29, 1.82) is 0 Å². The summed E-state index contributed by atoms with van der Waals surface area (Å²) in [5.41, 5.74) is 2.19. The molecule has 0 saturated heterocycles. The van der Waals surface area contributed by atoms with Gasteiger partial charge in [0, 0.05) is 24.2 Å². The summed E-state index contributed by atoms with van der Waals surface area (Å²) in [5, 5.41) is 9.04. The molecule has 5 nitrogen and oxygen atoms in total. The molecule has 1 saturated carbocycles. The third-order valence-electron chi connectivity index (χ3n) is 6.12. The van der Waals surface area contributed by atoms with Gasteiger partial charge < -0.3 is 19.3 Å². The lowest BCUT2D eigenvalue weighted by Gasteiger charge is -2.27. The Hall–Kier alpha value is -3.31. The topological polar surface area (TPSA) is 65.0 Å². The second-order valence-corrected chi connectivity index (χ2v) is 9.42. The molecule has 0 spiro atoms. The first kappa shape index (κ1) is 31.7. The van der Waals surface area contributed by atoms with Crippen LogP contribution in [-0.4, -0.2) is 30.1 Å². The molecule has 37 heavy (non-hydrogen) atoms. The molecule has 0 aliphatic heterocycles. The molecule has 0 aromatic heterocycles. The summed E-state index contributed by atoms with van der Waals surface area (Å²) in [5.74, 6) is 1.20. The van der Waals surface area contributed by atoms with Gasteiger partial charge in [0.25, 0.3) is 0 Å². The second-order valence-electron chi connectivity index (χ2n) is 9.42. The van der Waals surface area contributed by atoms with Crippen molar-refractivity contribution < 1.29 is 24.1 Å². The van der Waals surface area contributed by atoms with Crippen LogP contribution in [0.3, 0.4) is 0 Å². The van der Waals surface area contributed by atoms with E-state index < -0.39 is 0 Å². The van der Waals surface area contributed by atoms with Gasteiger partial charge >= 0.3 is 5.97 Å². The number of rotatable bonds is 9. The zero-order chi connectivity index (χ0) is 27.8. The molecule has 1 unspecified atom stereocenters. The van der Waals surface area contributed by atoms with Gasteiger partial charge in [-0.15, -0.1) is 0 Å². The fourth-order valence-electron chi connectivity index (χ4n) is 3.76. The van der Waals surface area contributed by atoms with Crippen LogP contribution in [0, 0.1) is 5.92 Å². The normalized spacial score (nSPS) is 14.2. The number of para-hydroxylation sites is 1. The maximum Gasteiger partial charge on any atom is 0.333 e. The number of benzene rings is 2. The van der Waals surface area contributed by atoms with E-state index in [9.17, 15) is 4.79 Å². The predicted molar refractivity (Wildman–Crippen MR) is 153 cm³/mol. The van der Waals surface area contributed by atoms with Crippen LogP contribution in [0.2, 0.25) is 0 Å². The highest BCUT2D eigenvalue weighted by Crippen LogP contribution is 2.36. The third kappa shape index (κ3) is 11.1. The number of hydrogen-bond acceptors (Lipinski definition) is 5. The van der Waals surface area contributed by atoms with E-state index >= 15 is 0 Å². The van der Waals surface area contributed by atoms with E-state index in [2.05, 4.69) is 40.5 Å². The monoisotopic (exact) mass is 508 g/mol. The summed E-state index contributed by atoms with van der Waals surface area (Å²) < 4.78 is 16.4. The summed E-state index contributed by atoms with van der Waals surface area (Å²) in [4.78, 5) is 11.3. The van der Waals surface area contributed by atoms with Gasteiger partial charge in [-0.25, -0.2) is 4.79 Å². The molecule has 0 amide bonds. The smallest absolute Gasteiger partial charge is 0.333 e. The Kier molecular flexibility index (Phi) is 14.1. The standard InChI is InChI=1S/C13H18O2.C11H18O2.C8H8O/c1-5-11-6-8-12(9-7-11)15-13(14-4)10(2)3;1-4-11(7-5-6-8-11)13-10(12)9(2)3;1-2-7-5-3-4-6-8(7)9/h5-10,13H,1H2,2-4H3;2,4-8H2,1,3H3;2-6,9H,1H2. The maximum atomic E-state index is 11.3. The zero-order valence-corrected chi connectivity index (χ0v) is 23.2. The molecule has 0 radical (unpaired) electrons. The second kappa shape index (κ2) is 16.4. The summed E-state index contributed by atoms with van der Waals surface area (Å²) in [6.07, 6.45) is 8.54. The molecule has 2 aromatic carbocycles. The van der Waals surface area contributed by atoms with Gasteiger partial charge in [0.1, 0.15) is 17.1 Å². The molecule has 2 aromatic rings. The molecule has 1 aliphatic rings. The summed E-state index contributed by atoms with van der Waals surface area (Å²) in [6, 6.07) is 14.9. The van der Waals surface area contributed by atoms with Crippen LogP contribution in [0.4, 0.5) is 0 Å². The van der Waals surface area contributed by atoms with Crippen molar-refractivity contribution in [2.24, 2.45) is 5.92 Å². The van der Waals surface area contributed by atoms with Crippen molar-refractivity contribution in [3.63, 3.8) is 0 Å². The number of phenolic OH excluding ortho intramolecular Hbond substituents is 1. The molecule has 3 rings (SSSR count). The first-order chi connectivity index (χ1) is 17.6. The Morgan fingerprint density at radius 3 is 2.05 bits per heavy atom. The van der Waals surface area contributed by atoms with Gasteiger partial charge in [0.05, 0.1) is 0 Å². The van der Waals surface area contributed by atoms with Crippen LogP contribution in [0.5, 0.6) is 11.5 Å². The molecule has 5 heteroatoms. The minimum atomic E-state index is -0.233. The van der Waals surface area contributed by atoms with Crippen molar-refractivity contribution in [3.05, 3.63) is 85.0 Å². The van der Waals surface area contributed by atoms with Gasteiger partial charge in [-0.1, -0.05) is 83.0 Å². The Morgan fingerprint density at radius 2 is 1.65 bits per heavy atom. The number of methoxy groups -OCH3 is 1. The van der Waals surface area contributed by atoms with Crippen molar-refractivity contribution >= 4 is 18.1 Å². The van der Waals surface area contributed by atoms with Crippen molar-refractivity contribution in [2.45, 2.75) is 71.7 Å². The van der Waals surface area contributed by atoms with E-state index in [0.717, 1.165) is 36.1 Å². The minimum absolute atomic E-state index is 0.171. The third-order valence-corrected chi connectivity index (χ3v) is 6.12. The number of esters is 1. The summed E-state index contributed by atoms with van der Waals surface area (Å²) in [7, 11) is 1.66.